The SMILES string of the molecule is Cl.Cl.O=C(Nc1ccn(Cc2ccncc2)n1)[C@H]1CCCCN1. The molecule has 1 amide bonds. The third-order valence-electron chi connectivity index (χ3n) is 3.61. The van der Waals surface area contributed by atoms with Gasteiger partial charge in [0, 0.05) is 24.7 Å². The molecule has 3 heterocycles. The van der Waals surface area contributed by atoms with E-state index in [2.05, 4.69) is 20.7 Å². The fraction of sp³-hybridized carbons (Fsp3) is 0.400. The van der Waals surface area contributed by atoms with Gasteiger partial charge in [0.15, 0.2) is 5.82 Å². The first kappa shape index (κ1) is 19.4. The van der Waals surface area contributed by atoms with Crippen LogP contribution in [0.2, 0.25) is 0 Å². The van der Waals surface area contributed by atoms with E-state index >= 15 is 0 Å². The Morgan fingerprint density at radius 2 is 2.04 bits per heavy atom. The van der Waals surface area contributed by atoms with Gasteiger partial charge in [-0.05, 0) is 37.1 Å². The summed E-state index contributed by atoms with van der Waals surface area (Å²) in [6.07, 6.45) is 8.52. The molecule has 23 heavy (non-hydrogen) atoms. The van der Waals surface area contributed by atoms with E-state index in [9.17, 15) is 4.79 Å². The van der Waals surface area contributed by atoms with E-state index in [-0.39, 0.29) is 36.8 Å². The van der Waals surface area contributed by atoms with Crippen molar-refractivity contribution in [1.82, 2.24) is 20.1 Å². The molecule has 0 aromatic carbocycles. The normalized spacial score (nSPS) is 16.8. The maximum absolute atomic E-state index is 12.1. The van der Waals surface area contributed by atoms with Gasteiger partial charge in [-0.15, -0.1) is 24.8 Å². The summed E-state index contributed by atoms with van der Waals surface area (Å²) in [7, 11) is 0. The van der Waals surface area contributed by atoms with Crippen LogP contribution in [0.15, 0.2) is 36.8 Å². The number of anilines is 1. The van der Waals surface area contributed by atoms with Gasteiger partial charge in [0.05, 0.1) is 12.6 Å². The molecule has 1 aliphatic heterocycles. The van der Waals surface area contributed by atoms with Crippen molar-refractivity contribution in [3.8, 4) is 0 Å². The Morgan fingerprint density at radius 1 is 1.26 bits per heavy atom. The zero-order chi connectivity index (χ0) is 14.5. The number of hydrogen-bond donors (Lipinski definition) is 2. The Balaban J connectivity index is 0.00000132. The lowest BCUT2D eigenvalue weighted by atomic mass is 10.0. The second kappa shape index (κ2) is 9.50. The first-order chi connectivity index (χ1) is 10.3. The molecule has 0 bridgehead atoms. The Labute approximate surface area is 147 Å². The lowest BCUT2D eigenvalue weighted by Crippen LogP contribution is -2.43. The van der Waals surface area contributed by atoms with E-state index < -0.39 is 0 Å². The van der Waals surface area contributed by atoms with Gasteiger partial charge in [-0.1, -0.05) is 6.42 Å². The van der Waals surface area contributed by atoms with Crippen LogP contribution in [-0.4, -0.2) is 33.3 Å². The van der Waals surface area contributed by atoms with Gasteiger partial charge in [0.2, 0.25) is 5.91 Å². The van der Waals surface area contributed by atoms with Crippen molar-refractivity contribution >= 4 is 36.5 Å². The highest BCUT2D eigenvalue weighted by molar-refractivity contribution is 5.94. The largest absolute Gasteiger partial charge is 0.308 e. The average Bonchev–Trinajstić information content (AvgIpc) is 2.96. The van der Waals surface area contributed by atoms with Gasteiger partial charge in [-0.2, -0.15) is 5.10 Å². The second-order valence-corrected chi connectivity index (χ2v) is 5.25. The maximum atomic E-state index is 12.1. The Hall–Kier alpha value is -1.63. The number of carbonyl (C=O) groups is 1. The van der Waals surface area contributed by atoms with Crippen LogP contribution in [0.25, 0.3) is 0 Å². The minimum absolute atomic E-state index is 0. The molecule has 3 rings (SSSR count). The molecule has 1 fully saturated rings. The second-order valence-electron chi connectivity index (χ2n) is 5.25. The molecule has 1 saturated heterocycles. The minimum Gasteiger partial charge on any atom is -0.308 e. The summed E-state index contributed by atoms with van der Waals surface area (Å²) in [6.45, 7) is 1.58. The van der Waals surface area contributed by atoms with Gasteiger partial charge < -0.3 is 10.6 Å². The van der Waals surface area contributed by atoms with Gasteiger partial charge >= 0.3 is 0 Å². The van der Waals surface area contributed by atoms with Crippen molar-refractivity contribution in [3.63, 3.8) is 0 Å². The number of nitrogens with zero attached hydrogens (tertiary/aromatic N) is 3. The summed E-state index contributed by atoms with van der Waals surface area (Å²) >= 11 is 0. The summed E-state index contributed by atoms with van der Waals surface area (Å²) in [5.74, 6) is 0.602. The highest BCUT2D eigenvalue weighted by Gasteiger charge is 2.20. The summed E-state index contributed by atoms with van der Waals surface area (Å²) in [5.41, 5.74) is 1.12. The van der Waals surface area contributed by atoms with E-state index in [4.69, 9.17) is 0 Å². The molecular weight excluding hydrogens is 337 g/mol. The van der Waals surface area contributed by atoms with Crippen LogP contribution in [0.4, 0.5) is 5.82 Å². The third-order valence-corrected chi connectivity index (χ3v) is 3.61. The predicted molar refractivity (Wildman–Crippen MR) is 94.3 cm³/mol. The van der Waals surface area contributed by atoms with Crippen LogP contribution >= 0.6 is 24.8 Å². The molecule has 0 saturated carbocycles. The van der Waals surface area contributed by atoms with Crippen molar-refractivity contribution in [2.75, 3.05) is 11.9 Å². The minimum atomic E-state index is -0.0934. The number of piperidine rings is 1. The number of pyridine rings is 1. The van der Waals surface area contributed by atoms with Gasteiger partial charge in [-0.3, -0.25) is 14.5 Å². The number of halogens is 2. The number of amides is 1. The highest BCUT2D eigenvalue weighted by atomic mass is 35.5. The Bertz CT molecular complexity index is 599. The molecule has 8 heteroatoms. The van der Waals surface area contributed by atoms with Crippen molar-refractivity contribution < 1.29 is 4.79 Å². The molecule has 2 aromatic heterocycles. The standard InChI is InChI=1S/C15H19N5O.2ClH/c21-15(13-3-1-2-7-17-13)18-14-6-10-20(19-14)11-12-4-8-16-9-5-12;;/h4-6,8-10,13,17H,1-3,7,11H2,(H,18,19,21);2*1H/t13-;;/m1../s1. The van der Waals surface area contributed by atoms with E-state index in [1.165, 1.54) is 0 Å². The fourth-order valence-corrected chi connectivity index (χ4v) is 2.48. The van der Waals surface area contributed by atoms with Crippen LogP contribution < -0.4 is 10.6 Å². The van der Waals surface area contributed by atoms with Gasteiger partial charge in [-0.25, -0.2) is 0 Å². The number of hydrogen-bond acceptors (Lipinski definition) is 4. The Morgan fingerprint density at radius 3 is 2.74 bits per heavy atom. The molecule has 0 radical (unpaired) electrons. The lowest BCUT2D eigenvalue weighted by molar-refractivity contribution is -0.118. The quantitative estimate of drug-likeness (QED) is 0.880. The molecular formula is C15H21Cl2N5O. The van der Waals surface area contributed by atoms with E-state index in [1.54, 1.807) is 17.1 Å². The van der Waals surface area contributed by atoms with Gasteiger partial charge in [0.1, 0.15) is 0 Å². The smallest absolute Gasteiger partial charge is 0.242 e. The van der Waals surface area contributed by atoms with Crippen molar-refractivity contribution in [3.05, 3.63) is 42.4 Å². The molecule has 0 aliphatic carbocycles. The monoisotopic (exact) mass is 357 g/mol. The third kappa shape index (κ3) is 5.49. The summed E-state index contributed by atoms with van der Waals surface area (Å²) in [6, 6.07) is 5.63. The molecule has 6 nitrogen and oxygen atoms in total. The molecule has 0 unspecified atom stereocenters. The molecule has 1 aliphatic rings. The predicted octanol–water partition coefficient (Wildman–Crippen LogP) is 2.25. The van der Waals surface area contributed by atoms with Crippen LogP contribution in [0.3, 0.4) is 0 Å². The summed E-state index contributed by atoms with van der Waals surface area (Å²) in [4.78, 5) is 16.1. The van der Waals surface area contributed by atoms with E-state index in [0.29, 0.717) is 12.4 Å². The summed E-state index contributed by atoms with van der Waals surface area (Å²) in [5, 5.41) is 10.5. The first-order valence-corrected chi connectivity index (χ1v) is 7.28. The fourth-order valence-electron chi connectivity index (χ4n) is 2.48. The van der Waals surface area contributed by atoms with Gasteiger partial charge in [0.25, 0.3) is 0 Å². The molecule has 2 N–H and O–H groups in total. The molecule has 0 spiro atoms. The topological polar surface area (TPSA) is 71.8 Å². The highest BCUT2D eigenvalue weighted by Crippen LogP contribution is 2.10. The van der Waals surface area contributed by atoms with Crippen molar-refractivity contribution in [2.45, 2.75) is 31.8 Å². The van der Waals surface area contributed by atoms with E-state index in [0.717, 1.165) is 31.4 Å². The number of carbonyl (C=O) groups excluding carboxylic acids is 1. The molecule has 1 atom stereocenters. The van der Waals surface area contributed by atoms with Crippen molar-refractivity contribution in [2.24, 2.45) is 0 Å². The number of rotatable bonds is 4. The lowest BCUT2D eigenvalue weighted by Gasteiger charge is -2.21. The van der Waals surface area contributed by atoms with Crippen molar-refractivity contribution in [1.29, 1.82) is 0 Å². The first-order valence-electron chi connectivity index (χ1n) is 7.28. The average molecular weight is 358 g/mol. The molecule has 2 aromatic rings. The Kier molecular flexibility index (Phi) is 8.02. The summed E-state index contributed by atoms with van der Waals surface area (Å²) < 4.78 is 1.80. The van der Waals surface area contributed by atoms with Crippen LogP contribution in [0.5, 0.6) is 0 Å². The number of aromatic nitrogens is 3. The van der Waals surface area contributed by atoms with E-state index in [1.807, 2.05) is 24.4 Å². The number of nitrogens with one attached hydrogen (secondary N) is 2. The van der Waals surface area contributed by atoms with Crippen LogP contribution in [0.1, 0.15) is 24.8 Å². The zero-order valence-electron chi connectivity index (χ0n) is 12.6. The zero-order valence-corrected chi connectivity index (χ0v) is 14.3. The van der Waals surface area contributed by atoms with Crippen LogP contribution in [0, 0.1) is 0 Å². The molecule has 126 valence electrons. The maximum Gasteiger partial charge on any atom is 0.242 e. The van der Waals surface area contributed by atoms with Crippen LogP contribution in [-0.2, 0) is 11.3 Å².